The van der Waals surface area contributed by atoms with Gasteiger partial charge in [0.25, 0.3) is 0 Å². The Bertz CT molecular complexity index is 283. The van der Waals surface area contributed by atoms with Crippen LogP contribution < -0.4 is 5.73 Å². The standard InChI is InChI=1S/C9H14N2OS/c1-2-12-7-6-11-5-3-4-8(11)9(10)13/h3-5H,2,6-7H2,1H3,(H2,10,13). The summed E-state index contributed by atoms with van der Waals surface area (Å²) in [6.45, 7) is 4.21. The molecule has 4 heteroatoms. The lowest BCUT2D eigenvalue weighted by Crippen LogP contribution is -2.17. The summed E-state index contributed by atoms with van der Waals surface area (Å²) in [5, 5.41) is 0. The third-order valence-corrected chi connectivity index (χ3v) is 1.97. The van der Waals surface area contributed by atoms with Crippen molar-refractivity contribution in [2.45, 2.75) is 13.5 Å². The van der Waals surface area contributed by atoms with Crippen molar-refractivity contribution in [3.63, 3.8) is 0 Å². The van der Waals surface area contributed by atoms with Gasteiger partial charge in [-0.1, -0.05) is 12.2 Å². The first-order valence-electron chi connectivity index (χ1n) is 4.28. The summed E-state index contributed by atoms with van der Waals surface area (Å²) in [5.41, 5.74) is 6.43. The van der Waals surface area contributed by atoms with Crippen LogP contribution in [-0.2, 0) is 11.3 Å². The summed E-state index contributed by atoms with van der Waals surface area (Å²) in [6.07, 6.45) is 1.95. The van der Waals surface area contributed by atoms with Crippen LogP contribution in [0.15, 0.2) is 18.3 Å². The van der Waals surface area contributed by atoms with Crippen molar-refractivity contribution in [1.82, 2.24) is 4.57 Å². The first-order valence-corrected chi connectivity index (χ1v) is 4.69. The van der Waals surface area contributed by atoms with Crippen LogP contribution in [0, 0.1) is 0 Å². The van der Waals surface area contributed by atoms with Gasteiger partial charge in [-0.3, -0.25) is 0 Å². The molecule has 0 spiro atoms. The van der Waals surface area contributed by atoms with Gasteiger partial charge in [-0.15, -0.1) is 0 Å². The number of nitrogens with two attached hydrogens (primary N) is 1. The second kappa shape index (κ2) is 4.99. The molecule has 0 aliphatic rings. The molecule has 1 heterocycles. The van der Waals surface area contributed by atoms with Crippen molar-refractivity contribution in [3.05, 3.63) is 24.0 Å². The maximum Gasteiger partial charge on any atom is 0.120 e. The number of ether oxygens (including phenoxy) is 1. The molecule has 72 valence electrons. The maximum absolute atomic E-state index is 5.53. The van der Waals surface area contributed by atoms with Gasteiger partial charge in [0.05, 0.1) is 12.3 Å². The van der Waals surface area contributed by atoms with Crippen molar-refractivity contribution in [1.29, 1.82) is 0 Å². The smallest absolute Gasteiger partial charge is 0.120 e. The zero-order chi connectivity index (χ0) is 9.68. The van der Waals surface area contributed by atoms with Crippen LogP contribution in [0.2, 0.25) is 0 Å². The Hall–Kier alpha value is -0.870. The predicted molar refractivity (Wildman–Crippen MR) is 56.8 cm³/mol. The molecular formula is C9H14N2OS. The van der Waals surface area contributed by atoms with Crippen LogP contribution in [-0.4, -0.2) is 22.8 Å². The summed E-state index contributed by atoms with van der Waals surface area (Å²) in [7, 11) is 0. The van der Waals surface area contributed by atoms with Gasteiger partial charge in [0.2, 0.25) is 0 Å². The van der Waals surface area contributed by atoms with E-state index in [9.17, 15) is 0 Å². The average molecular weight is 198 g/mol. The summed E-state index contributed by atoms with van der Waals surface area (Å²) >= 11 is 4.90. The number of hydrogen-bond donors (Lipinski definition) is 1. The van der Waals surface area contributed by atoms with Gasteiger partial charge >= 0.3 is 0 Å². The second-order valence-electron chi connectivity index (χ2n) is 2.65. The Kier molecular flexibility index (Phi) is 3.92. The van der Waals surface area contributed by atoms with E-state index in [0.29, 0.717) is 11.6 Å². The molecule has 0 amide bonds. The minimum absolute atomic E-state index is 0.432. The van der Waals surface area contributed by atoms with E-state index >= 15 is 0 Å². The Labute approximate surface area is 83.5 Å². The Morgan fingerprint density at radius 1 is 1.69 bits per heavy atom. The molecule has 13 heavy (non-hydrogen) atoms. The molecule has 0 unspecified atom stereocenters. The second-order valence-corrected chi connectivity index (χ2v) is 3.09. The van der Waals surface area contributed by atoms with Crippen molar-refractivity contribution in [2.24, 2.45) is 5.73 Å². The largest absolute Gasteiger partial charge is 0.388 e. The van der Waals surface area contributed by atoms with Crippen molar-refractivity contribution >= 4 is 17.2 Å². The number of nitrogens with zero attached hydrogens (tertiary/aromatic N) is 1. The molecule has 1 aromatic heterocycles. The maximum atomic E-state index is 5.53. The highest BCUT2D eigenvalue weighted by molar-refractivity contribution is 7.80. The summed E-state index contributed by atoms with van der Waals surface area (Å²) in [6, 6.07) is 3.84. The fourth-order valence-electron chi connectivity index (χ4n) is 1.14. The molecule has 1 rings (SSSR count). The van der Waals surface area contributed by atoms with E-state index in [2.05, 4.69) is 0 Å². The summed E-state index contributed by atoms with van der Waals surface area (Å²) in [5.74, 6) is 0. The first-order chi connectivity index (χ1) is 6.25. The molecule has 0 saturated carbocycles. The molecule has 0 bridgehead atoms. The van der Waals surface area contributed by atoms with Crippen molar-refractivity contribution < 1.29 is 4.74 Å². The van der Waals surface area contributed by atoms with E-state index in [0.717, 1.165) is 18.8 Å². The molecule has 0 saturated heterocycles. The SMILES string of the molecule is CCOCCn1cccc1C(N)=S. The zero-order valence-corrected chi connectivity index (χ0v) is 8.51. The highest BCUT2D eigenvalue weighted by Crippen LogP contribution is 2.01. The van der Waals surface area contributed by atoms with Gasteiger partial charge < -0.3 is 15.0 Å². The lowest BCUT2D eigenvalue weighted by Gasteiger charge is -2.07. The van der Waals surface area contributed by atoms with Crippen molar-refractivity contribution in [2.75, 3.05) is 13.2 Å². The van der Waals surface area contributed by atoms with E-state index < -0.39 is 0 Å². The lowest BCUT2D eigenvalue weighted by molar-refractivity contribution is 0.139. The molecule has 0 atom stereocenters. The number of rotatable bonds is 5. The molecule has 1 aromatic rings. The minimum atomic E-state index is 0.432. The monoisotopic (exact) mass is 198 g/mol. The molecule has 2 N–H and O–H groups in total. The van der Waals surface area contributed by atoms with Crippen LogP contribution in [0.4, 0.5) is 0 Å². The molecular weight excluding hydrogens is 184 g/mol. The summed E-state index contributed by atoms with van der Waals surface area (Å²) < 4.78 is 7.23. The van der Waals surface area contributed by atoms with E-state index in [1.807, 2.05) is 29.8 Å². The predicted octanol–water partition coefficient (Wildman–Crippen LogP) is 1.16. The molecule has 0 fully saturated rings. The Balaban J connectivity index is 2.55. The highest BCUT2D eigenvalue weighted by Gasteiger charge is 2.01. The minimum Gasteiger partial charge on any atom is -0.388 e. The number of thiocarbonyl (C=S) groups is 1. The highest BCUT2D eigenvalue weighted by atomic mass is 32.1. The average Bonchev–Trinajstić information content (AvgIpc) is 2.53. The van der Waals surface area contributed by atoms with E-state index in [-0.39, 0.29) is 0 Å². The van der Waals surface area contributed by atoms with Crippen molar-refractivity contribution in [3.8, 4) is 0 Å². The fraction of sp³-hybridized carbons (Fsp3) is 0.444. The van der Waals surface area contributed by atoms with Gasteiger partial charge in [-0.05, 0) is 19.1 Å². The van der Waals surface area contributed by atoms with E-state index in [1.54, 1.807) is 0 Å². The first kappa shape index (κ1) is 10.2. The van der Waals surface area contributed by atoms with E-state index in [4.69, 9.17) is 22.7 Å². The summed E-state index contributed by atoms with van der Waals surface area (Å²) in [4.78, 5) is 0.432. The number of hydrogen-bond acceptors (Lipinski definition) is 2. The normalized spacial score (nSPS) is 10.2. The van der Waals surface area contributed by atoms with Crippen LogP contribution in [0.25, 0.3) is 0 Å². The van der Waals surface area contributed by atoms with Gasteiger partial charge in [-0.25, -0.2) is 0 Å². The Morgan fingerprint density at radius 3 is 3.08 bits per heavy atom. The Morgan fingerprint density at radius 2 is 2.46 bits per heavy atom. The van der Waals surface area contributed by atoms with Gasteiger partial charge in [0.1, 0.15) is 4.99 Å². The number of aromatic nitrogens is 1. The van der Waals surface area contributed by atoms with Gasteiger partial charge in [-0.2, -0.15) is 0 Å². The van der Waals surface area contributed by atoms with Crippen LogP contribution in [0.1, 0.15) is 12.6 Å². The third-order valence-electron chi connectivity index (χ3n) is 1.76. The fourth-order valence-corrected chi connectivity index (χ4v) is 1.33. The topological polar surface area (TPSA) is 40.2 Å². The van der Waals surface area contributed by atoms with Crippen LogP contribution in [0.5, 0.6) is 0 Å². The molecule has 0 aliphatic heterocycles. The quantitative estimate of drug-likeness (QED) is 0.570. The van der Waals surface area contributed by atoms with Crippen LogP contribution >= 0.6 is 12.2 Å². The van der Waals surface area contributed by atoms with Gasteiger partial charge in [0.15, 0.2) is 0 Å². The molecule has 0 aromatic carbocycles. The zero-order valence-electron chi connectivity index (χ0n) is 7.69. The van der Waals surface area contributed by atoms with Gasteiger partial charge in [0, 0.05) is 19.3 Å². The molecule has 0 aliphatic carbocycles. The van der Waals surface area contributed by atoms with Crippen LogP contribution in [0.3, 0.4) is 0 Å². The lowest BCUT2D eigenvalue weighted by atomic mass is 10.4. The van der Waals surface area contributed by atoms with E-state index in [1.165, 1.54) is 0 Å². The molecule has 0 radical (unpaired) electrons. The third kappa shape index (κ3) is 2.82. The molecule has 3 nitrogen and oxygen atoms in total.